The minimum Gasteiger partial charge on any atom is -0.347 e. The minimum atomic E-state index is -0.0180. The van der Waals surface area contributed by atoms with Crippen LogP contribution >= 0.6 is 0 Å². The molecule has 1 heterocycles. The molecule has 4 rings (SSSR count). The van der Waals surface area contributed by atoms with Crippen LogP contribution in [0.3, 0.4) is 0 Å². The molecule has 1 aromatic heterocycles. The van der Waals surface area contributed by atoms with Crippen LogP contribution in [0.15, 0.2) is 6.07 Å². The lowest BCUT2D eigenvalue weighted by molar-refractivity contribution is 0.0751. The van der Waals surface area contributed by atoms with Gasteiger partial charge in [0.25, 0.3) is 5.91 Å². The Hall–Kier alpha value is -1.36. The van der Waals surface area contributed by atoms with E-state index < -0.39 is 0 Å². The molecule has 5 nitrogen and oxygen atoms in total. The van der Waals surface area contributed by atoms with Crippen molar-refractivity contribution < 1.29 is 4.79 Å². The second-order valence-corrected chi connectivity index (χ2v) is 7.16. The number of rotatable bonds is 3. The summed E-state index contributed by atoms with van der Waals surface area (Å²) in [5.74, 6) is 1.69. The highest BCUT2D eigenvalue weighted by Gasteiger charge is 2.40. The Balaban J connectivity index is 1.45. The molecule has 0 saturated heterocycles. The minimum absolute atomic E-state index is 0.0180. The monoisotopic (exact) mass is 288 g/mol. The Morgan fingerprint density at radius 1 is 1.24 bits per heavy atom. The van der Waals surface area contributed by atoms with Gasteiger partial charge in [0.1, 0.15) is 5.69 Å². The molecule has 0 spiro atoms. The molecule has 2 atom stereocenters. The largest absolute Gasteiger partial charge is 0.347 e. The van der Waals surface area contributed by atoms with Crippen molar-refractivity contribution in [3.63, 3.8) is 0 Å². The van der Waals surface area contributed by atoms with E-state index in [9.17, 15) is 4.79 Å². The van der Waals surface area contributed by atoms with E-state index in [1.165, 1.54) is 32.1 Å². The van der Waals surface area contributed by atoms with Crippen molar-refractivity contribution >= 4 is 5.91 Å². The molecule has 2 unspecified atom stereocenters. The van der Waals surface area contributed by atoms with Gasteiger partial charge in [-0.1, -0.05) is 6.42 Å². The first-order valence-corrected chi connectivity index (χ1v) is 8.32. The van der Waals surface area contributed by atoms with Crippen LogP contribution < -0.4 is 11.1 Å². The number of nitrogens with one attached hydrogen (secondary N) is 2. The van der Waals surface area contributed by atoms with Gasteiger partial charge in [0.05, 0.1) is 0 Å². The summed E-state index contributed by atoms with van der Waals surface area (Å²) in [4.78, 5) is 12.5. The summed E-state index contributed by atoms with van der Waals surface area (Å²) in [7, 11) is 0. The normalized spacial score (nSPS) is 35.5. The Morgan fingerprint density at radius 3 is 2.62 bits per heavy atom. The van der Waals surface area contributed by atoms with E-state index in [2.05, 4.69) is 15.5 Å². The highest BCUT2D eigenvalue weighted by atomic mass is 16.2. The molecule has 1 aromatic rings. The van der Waals surface area contributed by atoms with Crippen LogP contribution in [0, 0.1) is 11.8 Å². The van der Waals surface area contributed by atoms with Crippen LogP contribution in [0.5, 0.6) is 0 Å². The van der Waals surface area contributed by atoms with Gasteiger partial charge in [0, 0.05) is 23.7 Å². The van der Waals surface area contributed by atoms with Crippen LogP contribution in [0.1, 0.15) is 67.0 Å². The molecule has 3 saturated carbocycles. The first-order chi connectivity index (χ1) is 10.2. The van der Waals surface area contributed by atoms with Crippen molar-refractivity contribution in [2.45, 2.75) is 62.9 Å². The number of carbonyl (C=O) groups is 1. The highest BCUT2D eigenvalue weighted by molar-refractivity contribution is 5.92. The van der Waals surface area contributed by atoms with E-state index in [1.54, 1.807) is 0 Å². The number of carbonyl (C=O) groups excluding carboxylic acids is 1. The van der Waals surface area contributed by atoms with Crippen molar-refractivity contribution in [1.29, 1.82) is 0 Å². The second-order valence-electron chi connectivity index (χ2n) is 7.16. The molecule has 3 aliphatic rings. The van der Waals surface area contributed by atoms with Gasteiger partial charge in [-0.05, 0) is 56.4 Å². The van der Waals surface area contributed by atoms with Gasteiger partial charge >= 0.3 is 0 Å². The van der Waals surface area contributed by atoms with Crippen LogP contribution in [0.25, 0.3) is 0 Å². The molecule has 3 aliphatic carbocycles. The Labute approximate surface area is 125 Å². The zero-order valence-corrected chi connectivity index (χ0v) is 12.3. The van der Waals surface area contributed by atoms with E-state index >= 15 is 0 Å². The Morgan fingerprint density at radius 2 is 1.95 bits per heavy atom. The Kier molecular flexibility index (Phi) is 3.25. The predicted octanol–water partition coefficient (Wildman–Crippen LogP) is 1.92. The molecule has 0 aromatic carbocycles. The van der Waals surface area contributed by atoms with E-state index in [0.29, 0.717) is 35.5 Å². The summed E-state index contributed by atoms with van der Waals surface area (Å²) in [6, 6.07) is 2.55. The van der Waals surface area contributed by atoms with Crippen LogP contribution in [-0.4, -0.2) is 28.2 Å². The van der Waals surface area contributed by atoms with E-state index in [0.717, 1.165) is 18.5 Å². The molecule has 0 radical (unpaired) electrons. The number of aromatic nitrogens is 2. The van der Waals surface area contributed by atoms with Gasteiger partial charge in [-0.3, -0.25) is 9.89 Å². The Bertz CT molecular complexity index is 522. The molecular weight excluding hydrogens is 264 g/mol. The maximum atomic E-state index is 12.5. The highest BCUT2D eigenvalue weighted by Crippen LogP contribution is 2.40. The number of nitrogens with zero attached hydrogens (tertiary/aromatic N) is 1. The summed E-state index contributed by atoms with van der Waals surface area (Å²) in [6.07, 6.45) is 8.21. The summed E-state index contributed by atoms with van der Waals surface area (Å²) < 4.78 is 0. The molecule has 21 heavy (non-hydrogen) atoms. The SMILES string of the molecule is NC1CC2CCCC(C1)C2NC(=O)c1cc(C2CC2)[nH]n1. The van der Waals surface area contributed by atoms with Gasteiger partial charge in [-0.15, -0.1) is 0 Å². The lowest BCUT2D eigenvalue weighted by Crippen LogP contribution is -2.53. The average molecular weight is 288 g/mol. The zero-order valence-electron chi connectivity index (χ0n) is 12.3. The number of fused-ring (bicyclic) bond motifs is 2. The quantitative estimate of drug-likeness (QED) is 0.794. The van der Waals surface area contributed by atoms with Gasteiger partial charge < -0.3 is 11.1 Å². The molecule has 3 fully saturated rings. The predicted molar refractivity (Wildman–Crippen MR) is 79.9 cm³/mol. The third kappa shape index (κ3) is 2.59. The number of amides is 1. The van der Waals surface area contributed by atoms with Gasteiger partial charge in [0.15, 0.2) is 0 Å². The number of aromatic amines is 1. The van der Waals surface area contributed by atoms with Crippen molar-refractivity contribution in [2.24, 2.45) is 17.6 Å². The number of H-pyrrole nitrogens is 1. The molecule has 1 amide bonds. The van der Waals surface area contributed by atoms with Crippen molar-refractivity contribution in [3.05, 3.63) is 17.5 Å². The second kappa shape index (κ2) is 5.13. The first kappa shape index (κ1) is 13.3. The molecule has 114 valence electrons. The third-order valence-electron chi connectivity index (χ3n) is 5.52. The van der Waals surface area contributed by atoms with Gasteiger partial charge in [-0.2, -0.15) is 5.10 Å². The fourth-order valence-electron chi connectivity index (χ4n) is 4.31. The van der Waals surface area contributed by atoms with Crippen molar-refractivity contribution in [2.75, 3.05) is 0 Å². The summed E-state index contributed by atoms with van der Waals surface area (Å²) in [5.41, 5.74) is 7.81. The van der Waals surface area contributed by atoms with Crippen molar-refractivity contribution in [3.8, 4) is 0 Å². The van der Waals surface area contributed by atoms with E-state index in [4.69, 9.17) is 5.73 Å². The first-order valence-electron chi connectivity index (χ1n) is 8.32. The zero-order chi connectivity index (χ0) is 14.4. The molecule has 5 heteroatoms. The van der Waals surface area contributed by atoms with Crippen molar-refractivity contribution in [1.82, 2.24) is 15.5 Å². The van der Waals surface area contributed by atoms with Crippen LogP contribution in [-0.2, 0) is 0 Å². The smallest absolute Gasteiger partial charge is 0.272 e. The number of hydrogen-bond donors (Lipinski definition) is 3. The summed E-state index contributed by atoms with van der Waals surface area (Å²) in [5, 5.41) is 10.5. The third-order valence-corrected chi connectivity index (χ3v) is 5.52. The fraction of sp³-hybridized carbons (Fsp3) is 0.750. The van der Waals surface area contributed by atoms with Crippen LogP contribution in [0.2, 0.25) is 0 Å². The summed E-state index contributed by atoms with van der Waals surface area (Å²) >= 11 is 0. The fourth-order valence-corrected chi connectivity index (χ4v) is 4.31. The lowest BCUT2D eigenvalue weighted by Gasteiger charge is -2.45. The average Bonchev–Trinajstić information content (AvgIpc) is 3.17. The molecular formula is C16H24N4O. The van der Waals surface area contributed by atoms with E-state index in [-0.39, 0.29) is 5.91 Å². The maximum absolute atomic E-state index is 12.5. The van der Waals surface area contributed by atoms with Gasteiger partial charge in [-0.25, -0.2) is 0 Å². The molecule has 4 N–H and O–H groups in total. The summed E-state index contributed by atoms with van der Waals surface area (Å²) in [6.45, 7) is 0. The van der Waals surface area contributed by atoms with E-state index in [1.807, 2.05) is 6.07 Å². The molecule has 0 aliphatic heterocycles. The van der Waals surface area contributed by atoms with Crippen LogP contribution in [0.4, 0.5) is 0 Å². The maximum Gasteiger partial charge on any atom is 0.272 e. The van der Waals surface area contributed by atoms with Gasteiger partial charge in [0.2, 0.25) is 0 Å². The number of hydrogen-bond acceptors (Lipinski definition) is 3. The topological polar surface area (TPSA) is 83.8 Å². The standard InChI is InChI=1S/C16H24N4O/c17-12-6-10-2-1-3-11(7-12)15(10)18-16(21)14-8-13(19-20-14)9-4-5-9/h8-12,15H,1-7,17H2,(H,18,21)(H,19,20). The number of nitrogens with two attached hydrogens (primary N) is 1. The molecule has 2 bridgehead atoms. The lowest BCUT2D eigenvalue weighted by atomic mass is 9.67.